The summed E-state index contributed by atoms with van der Waals surface area (Å²) >= 11 is 0. The summed E-state index contributed by atoms with van der Waals surface area (Å²) in [5.74, 6) is 3.76. The summed E-state index contributed by atoms with van der Waals surface area (Å²) in [4.78, 5) is 4.76. The predicted octanol–water partition coefficient (Wildman–Crippen LogP) is 8.83. The molecule has 0 bridgehead atoms. The summed E-state index contributed by atoms with van der Waals surface area (Å²) in [6, 6.07) is 16.8. The molecule has 0 aliphatic heterocycles. The van der Waals surface area contributed by atoms with Gasteiger partial charge in [-0.2, -0.15) is 4.98 Å². The van der Waals surface area contributed by atoms with Gasteiger partial charge in [-0.25, -0.2) is 0 Å². The summed E-state index contributed by atoms with van der Waals surface area (Å²) < 4.78 is 11.6. The van der Waals surface area contributed by atoms with Gasteiger partial charge in [-0.15, -0.1) is 0 Å². The van der Waals surface area contributed by atoms with Gasteiger partial charge in [-0.3, -0.25) is 0 Å². The van der Waals surface area contributed by atoms with Gasteiger partial charge in [0.2, 0.25) is 11.7 Å². The van der Waals surface area contributed by atoms with Gasteiger partial charge in [0.1, 0.15) is 5.75 Å². The highest BCUT2D eigenvalue weighted by molar-refractivity contribution is 5.68. The lowest BCUT2D eigenvalue weighted by Crippen LogP contribution is -2.13. The number of aromatic nitrogens is 2. The fraction of sp³-hybridized carbons (Fsp3) is 0.533. The van der Waals surface area contributed by atoms with Crippen molar-refractivity contribution < 1.29 is 9.26 Å². The number of hydrogen-bond acceptors (Lipinski definition) is 4. The number of benzene rings is 2. The Morgan fingerprint density at radius 1 is 0.765 bits per heavy atom. The van der Waals surface area contributed by atoms with Crippen molar-refractivity contribution in [3.05, 3.63) is 54.4 Å². The molecule has 3 aromatic rings. The average molecular weight is 461 g/mol. The van der Waals surface area contributed by atoms with Crippen LogP contribution in [0.3, 0.4) is 0 Å². The third-order valence-corrected chi connectivity index (χ3v) is 7.20. The highest BCUT2D eigenvalue weighted by Gasteiger charge is 2.26. The molecule has 0 saturated heterocycles. The second kappa shape index (κ2) is 12.7. The first-order valence-corrected chi connectivity index (χ1v) is 13.4. The number of unbranched alkanes of at least 4 members (excludes halogenated alkanes) is 4. The average Bonchev–Trinajstić information content (AvgIpc) is 3.39. The first-order valence-electron chi connectivity index (χ1n) is 13.4. The molecule has 0 N–H and O–H groups in total. The molecule has 1 fully saturated rings. The molecule has 0 spiro atoms. The van der Waals surface area contributed by atoms with Crippen LogP contribution in [-0.4, -0.2) is 16.7 Å². The van der Waals surface area contributed by atoms with Crippen LogP contribution in [0.25, 0.3) is 22.5 Å². The summed E-state index contributed by atoms with van der Waals surface area (Å²) in [5.41, 5.74) is 3.35. The Balaban J connectivity index is 1.30. The topological polar surface area (TPSA) is 48.2 Å². The maximum atomic E-state index is 5.87. The van der Waals surface area contributed by atoms with E-state index in [1.54, 1.807) is 0 Å². The second-order valence-electron chi connectivity index (χ2n) is 9.83. The van der Waals surface area contributed by atoms with Gasteiger partial charge in [0.05, 0.1) is 6.61 Å². The standard InChI is InChI=1S/C30H40N2O2/c1-3-5-7-8-22-33-28-20-18-25(19-21-28)24-14-16-26(17-15-24)29-31-30(34-32-29)27-12-10-23(11-13-27)9-6-4-2/h14-21,23,27H,3-13,22H2,1-2H3. The molecule has 1 saturated carbocycles. The van der Waals surface area contributed by atoms with Crippen molar-refractivity contribution in [2.45, 2.75) is 90.4 Å². The van der Waals surface area contributed by atoms with E-state index in [2.05, 4.69) is 67.5 Å². The molecule has 4 rings (SSSR count). The van der Waals surface area contributed by atoms with Crippen LogP contribution < -0.4 is 4.74 Å². The van der Waals surface area contributed by atoms with E-state index in [4.69, 9.17) is 14.2 Å². The normalized spacial score (nSPS) is 18.2. The lowest BCUT2D eigenvalue weighted by Gasteiger charge is -2.26. The van der Waals surface area contributed by atoms with Gasteiger partial charge in [-0.05, 0) is 61.3 Å². The van der Waals surface area contributed by atoms with Gasteiger partial charge in [0.15, 0.2) is 0 Å². The van der Waals surface area contributed by atoms with Crippen LogP contribution in [0.1, 0.15) is 96.3 Å². The Bertz CT molecular complexity index is 970. The molecule has 4 heteroatoms. The largest absolute Gasteiger partial charge is 0.494 e. The quantitative estimate of drug-likeness (QED) is 0.253. The van der Waals surface area contributed by atoms with Crippen molar-refractivity contribution in [1.82, 2.24) is 10.1 Å². The van der Waals surface area contributed by atoms with Crippen molar-refractivity contribution in [3.63, 3.8) is 0 Å². The monoisotopic (exact) mass is 460 g/mol. The molecule has 2 aromatic carbocycles. The number of ether oxygens (including phenoxy) is 1. The molecule has 0 radical (unpaired) electrons. The number of rotatable bonds is 12. The number of nitrogens with zero attached hydrogens (tertiary/aromatic N) is 2. The van der Waals surface area contributed by atoms with Crippen molar-refractivity contribution in [2.24, 2.45) is 5.92 Å². The van der Waals surface area contributed by atoms with Crippen molar-refractivity contribution in [2.75, 3.05) is 6.61 Å². The van der Waals surface area contributed by atoms with Gasteiger partial charge in [0.25, 0.3) is 0 Å². The van der Waals surface area contributed by atoms with E-state index in [0.29, 0.717) is 11.7 Å². The summed E-state index contributed by atoms with van der Waals surface area (Å²) in [6.45, 7) is 5.30. The SMILES string of the molecule is CCCCCCOc1ccc(-c2ccc(-c3noc(C4CCC(CCCC)CC4)n3)cc2)cc1. The molecule has 34 heavy (non-hydrogen) atoms. The highest BCUT2D eigenvalue weighted by Crippen LogP contribution is 2.37. The molecule has 1 heterocycles. The van der Waals surface area contributed by atoms with E-state index in [1.807, 2.05) is 0 Å². The molecule has 1 aliphatic rings. The summed E-state index contributed by atoms with van der Waals surface area (Å²) in [6.07, 6.45) is 13.8. The van der Waals surface area contributed by atoms with E-state index in [9.17, 15) is 0 Å². The van der Waals surface area contributed by atoms with Gasteiger partial charge >= 0.3 is 0 Å². The zero-order valence-corrected chi connectivity index (χ0v) is 21.0. The summed E-state index contributed by atoms with van der Waals surface area (Å²) in [5, 5.41) is 4.29. The van der Waals surface area contributed by atoms with Crippen LogP contribution in [0.2, 0.25) is 0 Å². The highest BCUT2D eigenvalue weighted by atomic mass is 16.5. The van der Waals surface area contributed by atoms with E-state index in [-0.39, 0.29) is 0 Å². The van der Waals surface area contributed by atoms with E-state index >= 15 is 0 Å². The van der Waals surface area contributed by atoms with Crippen LogP contribution in [0.4, 0.5) is 0 Å². The zero-order chi connectivity index (χ0) is 23.6. The van der Waals surface area contributed by atoms with Crippen molar-refractivity contribution >= 4 is 0 Å². The minimum Gasteiger partial charge on any atom is -0.494 e. The minimum atomic E-state index is 0.422. The fourth-order valence-corrected chi connectivity index (χ4v) is 4.98. The maximum Gasteiger partial charge on any atom is 0.230 e. The smallest absolute Gasteiger partial charge is 0.230 e. The van der Waals surface area contributed by atoms with Gasteiger partial charge in [-0.1, -0.05) is 93.9 Å². The molecule has 182 valence electrons. The lowest BCUT2D eigenvalue weighted by atomic mass is 9.80. The third-order valence-electron chi connectivity index (χ3n) is 7.20. The van der Waals surface area contributed by atoms with Crippen LogP contribution in [0.15, 0.2) is 53.1 Å². The first-order chi connectivity index (χ1) is 16.8. The van der Waals surface area contributed by atoms with Gasteiger partial charge in [0, 0.05) is 11.5 Å². The second-order valence-corrected chi connectivity index (χ2v) is 9.83. The molecular formula is C30H40N2O2. The molecule has 0 atom stereocenters. The Labute approximate surface area is 205 Å². The molecule has 1 aromatic heterocycles. The van der Waals surface area contributed by atoms with Crippen LogP contribution in [-0.2, 0) is 0 Å². The lowest BCUT2D eigenvalue weighted by molar-refractivity contribution is 0.260. The zero-order valence-electron chi connectivity index (χ0n) is 21.0. The molecule has 0 amide bonds. The van der Waals surface area contributed by atoms with E-state index in [1.165, 1.54) is 75.3 Å². The third kappa shape index (κ3) is 6.71. The number of hydrogen-bond donors (Lipinski definition) is 0. The molecule has 1 aliphatic carbocycles. The minimum absolute atomic E-state index is 0.422. The Kier molecular flexibility index (Phi) is 9.18. The Morgan fingerprint density at radius 3 is 2.09 bits per heavy atom. The Morgan fingerprint density at radius 2 is 1.41 bits per heavy atom. The molecule has 0 unspecified atom stereocenters. The predicted molar refractivity (Wildman–Crippen MR) is 139 cm³/mol. The Hall–Kier alpha value is -2.62. The molecular weight excluding hydrogens is 420 g/mol. The van der Waals surface area contributed by atoms with E-state index < -0.39 is 0 Å². The molecule has 4 nitrogen and oxygen atoms in total. The first kappa shape index (κ1) is 24.5. The maximum absolute atomic E-state index is 5.87. The van der Waals surface area contributed by atoms with Crippen LogP contribution in [0, 0.1) is 5.92 Å². The van der Waals surface area contributed by atoms with Crippen molar-refractivity contribution in [3.8, 4) is 28.3 Å². The van der Waals surface area contributed by atoms with Crippen LogP contribution in [0.5, 0.6) is 5.75 Å². The summed E-state index contributed by atoms with van der Waals surface area (Å²) in [7, 11) is 0. The van der Waals surface area contributed by atoms with Crippen molar-refractivity contribution in [1.29, 1.82) is 0 Å². The van der Waals surface area contributed by atoms with Crippen LogP contribution >= 0.6 is 0 Å². The van der Waals surface area contributed by atoms with Gasteiger partial charge < -0.3 is 9.26 Å². The fourth-order valence-electron chi connectivity index (χ4n) is 4.98. The van der Waals surface area contributed by atoms with E-state index in [0.717, 1.165) is 36.1 Å².